The molecule has 0 saturated carbocycles. The van der Waals surface area contributed by atoms with Crippen LogP contribution in [0.1, 0.15) is 42.1 Å². The van der Waals surface area contributed by atoms with Crippen LogP contribution >= 0.6 is 0 Å². The molecule has 1 radical (unpaired) electrons. The standard InChI is InChI=1S/C20H19BF2N4/c1-12-7-14(3)26-19(12)18(16-5-6-17(9-24)25-10-16)20-13(2)8-15(4)27(20)11-21(22)23/h5-8,10H,11H2,1-4H3/q-1/b19-18-. The molecular formula is C20H19BF2N4-. The first-order chi connectivity index (χ1) is 12.8. The number of nitrogens with zero attached hydrogens (tertiary/aromatic N) is 4. The van der Waals surface area contributed by atoms with E-state index in [1.807, 2.05) is 45.9 Å². The summed E-state index contributed by atoms with van der Waals surface area (Å²) in [5.41, 5.74) is 6.75. The van der Waals surface area contributed by atoms with Crippen molar-refractivity contribution in [2.45, 2.75) is 34.1 Å². The van der Waals surface area contributed by atoms with E-state index >= 15 is 0 Å². The van der Waals surface area contributed by atoms with Crippen molar-refractivity contribution in [3.05, 3.63) is 70.0 Å². The van der Waals surface area contributed by atoms with Gasteiger partial charge >= 0.3 is 0 Å². The molecule has 0 aromatic carbocycles. The molecule has 0 fully saturated rings. The van der Waals surface area contributed by atoms with Gasteiger partial charge in [0.15, 0.2) is 0 Å². The number of rotatable bonds is 4. The Morgan fingerprint density at radius 3 is 2.48 bits per heavy atom. The maximum Gasteiger partial charge on any atom is 0.250 e. The van der Waals surface area contributed by atoms with E-state index in [0.29, 0.717) is 11.4 Å². The summed E-state index contributed by atoms with van der Waals surface area (Å²) in [6.07, 6.45) is 3.18. The van der Waals surface area contributed by atoms with Crippen molar-refractivity contribution in [3.63, 3.8) is 0 Å². The number of aryl methyl sites for hydroxylation is 2. The number of halogens is 2. The molecule has 0 saturated heterocycles. The lowest BCUT2D eigenvalue weighted by molar-refractivity contribution is 0.611. The number of hydrogen-bond donors (Lipinski definition) is 0. The van der Waals surface area contributed by atoms with E-state index in [4.69, 9.17) is 5.26 Å². The Labute approximate surface area is 157 Å². The van der Waals surface area contributed by atoms with Crippen LogP contribution in [0.15, 0.2) is 46.7 Å². The highest BCUT2D eigenvalue weighted by Gasteiger charge is 2.23. The van der Waals surface area contributed by atoms with E-state index in [9.17, 15) is 8.63 Å². The molecular weight excluding hydrogens is 345 g/mol. The zero-order valence-electron chi connectivity index (χ0n) is 15.7. The second-order valence-electron chi connectivity index (χ2n) is 6.67. The molecule has 2 aromatic rings. The molecule has 0 spiro atoms. The Morgan fingerprint density at radius 2 is 1.96 bits per heavy atom. The Balaban J connectivity index is 2.32. The van der Waals surface area contributed by atoms with Gasteiger partial charge in [-0.15, -0.1) is 0 Å². The molecule has 0 N–H and O–H groups in total. The summed E-state index contributed by atoms with van der Waals surface area (Å²) < 4.78 is 28.1. The molecule has 0 unspecified atom stereocenters. The van der Waals surface area contributed by atoms with Crippen LogP contribution in [-0.4, -0.2) is 22.5 Å². The van der Waals surface area contributed by atoms with E-state index < -0.39 is 7.27 Å². The SMILES string of the molecule is CC1=CC(C)=N/C1=C(/c1ccc(C#N)nc1)c1c(C)cc(C)n1C[B-](F)F. The monoisotopic (exact) mass is 364 g/mol. The van der Waals surface area contributed by atoms with Crippen molar-refractivity contribution in [2.75, 3.05) is 0 Å². The summed E-state index contributed by atoms with van der Waals surface area (Å²) in [6, 6.07) is 7.32. The minimum Gasteiger partial charge on any atom is -0.509 e. The van der Waals surface area contributed by atoms with E-state index in [0.717, 1.165) is 39.4 Å². The number of hydrogen-bond acceptors (Lipinski definition) is 3. The Morgan fingerprint density at radius 1 is 1.22 bits per heavy atom. The Hall–Kier alpha value is -3.01. The summed E-state index contributed by atoms with van der Waals surface area (Å²) in [7, 11) is -2.47. The molecule has 3 heterocycles. The number of allylic oxidation sites excluding steroid dienone is 2. The zero-order valence-corrected chi connectivity index (χ0v) is 15.7. The highest BCUT2D eigenvalue weighted by molar-refractivity contribution is 6.41. The van der Waals surface area contributed by atoms with Gasteiger partial charge < -0.3 is 13.2 Å². The molecule has 0 amide bonds. The van der Waals surface area contributed by atoms with Gasteiger partial charge in [-0.25, -0.2) is 4.98 Å². The maximum absolute atomic E-state index is 13.2. The van der Waals surface area contributed by atoms with Crippen LogP contribution in [0.4, 0.5) is 8.63 Å². The predicted octanol–water partition coefficient (Wildman–Crippen LogP) is 4.52. The summed E-state index contributed by atoms with van der Waals surface area (Å²) in [5.74, 6) is 0. The Kier molecular flexibility index (Phi) is 5.09. The predicted molar refractivity (Wildman–Crippen MR) is 104 cm³/mol. The molecule has 7 heteroatoms. The first kappa shape index (κ1) is 18.8. The van der Waals surface area contributed by atoms with E-state index in [1.165, 1.54) is 0 Å². The van der Waals surface area contributed by atoms with Crippen LogP contribution < -0.4 is 0 Å². The number of nitriles is 1. The largest absolute Gasteiger partial charge is 0.509 e. The molecule has 4 nitrogen and oxygen atoms in total. The maximum atomic E-state index is 13.2. The van der Waals surface area contributed by atoms with Gasteiger partial charge in [-0.1, -0.05) is 6.44 Å². The average Bonchev–Trinajstić information content (AvgIpc) is 3.08. The summed E-state index contributed by atoms with van der Waals surface area (Å²) in [5, 5.41) is 9.02. The van der Waals surface area contributed by atoms with Gasteiger partial charge in [0.2, 0.25) is 7.27 Å². The Bertz CT molecular complexity index is 1020. The fourth-order valence-electron chi connectivity index (χ4n) is 3.48. The lowest BCUT2D eigenvalue weighted by atomic mass is 9.94. The smallest absolute Gasteiger partial charge is 0.250 e. The molecule has 27 heavy (non-hydrogen) atoms. The molecule has 2 aromatic heterocycles. The van der Waals surface area contributed by atoms with Crippen molar-refractivity contribution < 1.29 is 8.63 Å². The fourth-order valence-corrected chi connectivity index (χ4v) is 3.48. The van der Waals surface area contributed by atoms with Crippen molar-refractivity contribution in [3.8, 4) is 6.07 Å². The molecule has 0 bridgehead atoms. The summed E-state index contributed by atoms with van der Waals surface area (Å²) in [6.45, 7) is 7.59. The van der Waals surface area contributed by atoms with Gasteiger partial charge in [0.05, 0.1) is 11.4 Å². The van der Waals surface area contributed by atoms with Crippen LogP contribution in [0.2, 0.25) is 0 Å². The lowest BCUT2D eigenvalue weighted by Crippen LogP contribution is -2.15. The number of aromatic nitrogens is 2. The highest BCUT2D eigenvalue weighted by Crippen LogP contribution is 2.36. The first-order valence-electron chi connectivity index (χ1n) is 8.61. The normalized spacial score (nSPS) is 15.6. The van der Waals surface area contributed by atoms with E-state index in [1.54, 1.807) is 22.9 Å². The molecule has 137 valence electrons. The lowest BCUT2D eigenvalue weighted by Gasteiger charge is -2.20. The van der Waals surface area contributed by atoms with Gasteiger partial charge in [0.25, 0.3) is 0 Å². The summed E-state index contributed by atoms with van der Waals surface area (Å²) in [4.78, 5) is 8.81. The third-order valence-electron chi connectivity index (χ3n) is 4.54. The van der Waals surface area contributed by atoms with Crippen molar-refractivity contribution >= 4 is 18.6 Å². The average molecular weight is 364 g/mol. The molecule has 1 aliphatic heterocycles. The third-order valence-corrected chi connectivity index (χ3v) is 4.54. The second-order valence-corrected chi connectivity index (χ2v) is 6.67. The number of aliphatic imine (C=N–C) groups is 1. The van der Waals surface area contributed by atoms with Crippen LogP contribution in [0.5, 0.6) is 0 Å². The van der Waals surface area contributed by atoms with Gasteiger partial charge in [0.1, 0.15) is 11.8 Å². The van der Waals surface area contributed by atoms with E-state index in [-0.39, 0.29) is 6.44 Å². The van der Waals surface area contributed by atoms with Gasteiger partial charge in [0, 0.05) is 28.7 Å². The van der Waals surface area contributed by atoms with Crippen molar-refractivity contribution in [1.82, 2.24) is 9.55 Å². The third kappa shape index (κ3) is 3.61. The van der Waals surface area contributed by atoms with Crippen LogP contribution in [0, 0.1) is 25.2 Å². The first-order valence-corrected chi connectivity index (χ1v) is 8.61. The van der Waals surface area contributed by atoms with Crippen LogP contribution in [0.25, 0.3) is 5.57 Å². The van der Waals surface area contributed by atoms with Crippen LogP contribution in [-0.2, 0) is 6.44 Å². The zero-order chi connectivity index (χ0) is 19.7. The van der Waals surface area contributed by atoms with Crippen molar-refractivity contribution in [1.29, 1.82) is 5.26 Å². The highest BCUT2D eigenvalue weighted by atomic mass is 19.2. The molecule has 3 rings (SSSR count). The fraction of sp³-hybridized carbons (Fsp3) is 0.250. The topological polar surface area (TPSA) is 54.0 Å². The van der Waals surface area contributed by atoms with Gasteiger partial charge in [-0.2, -0.15) is 5.26 Å². The second kappa shape index (κ2) is 7.32. The minimum atomic E-state index is -2.47. The number of pyridine rings is 1. The van der Waals surface area contributed by atoms with Gasteiger partial charge in [-0.3, -0.25) is 4.99 Å². The van der Waals surface area contributed by atoms with Gasteiger partial charge in [-0.05, 0) is 63.1 Å². The molecule has 0 atom stereocenters. The summed E-state index contributed by atoms with van der Waals surface area (Å²) >= 11 is 0. The van der Waals surface area contributed by atoms with E-state index in [2.05, 4.69) is 9.98 Å². The van der Waals surface area contributed by atoms with Crippen LogP contribution in [0.3, 0.4) is 0 Å². The quantitative estimate of drug-likeness (QED) is 0.749. The van der Waals surface area contributed by atoms with Crippen molar-refractivity contribution in [2.24, 2.45) is 4.99 Å². The minimum absolute atomic E-state index is 0.303. The molecule has 0 aliphatic carbocycles. The molecule has 1 aliphatic rings.